The van der Waals surface area contributed by atoms with Crippen molar-refractivity contribution >= 4 is 23.0 Å². The standard InChI is InChI=1S/C19H21N3OS/c1-14-7-9-15(10-8-14)13-16(5-2-3-11-20)19-21-18(22-23-19)17-6-4-12-24-17/h4,6-10,12-13H,2-3,5,11,20H2,1H3/b16-13+. The molecule has 0 aliphatic carbocycles. The average Bonchev–Trinajstić information content (AvgIpc) is 3.27. The van der Waals surface area contributed by atoms with Crippen LogP contribution in [0.4, 0.5) is 0 Å². The van der Waals surface area contributed by atoms with Gasteiger partial charge in [-0.1, -0.05) is 41.1 Å². The minimum atomic E-state index is 0.594. The van der Waals surface area contributed by atoms with Crippen LogP contribution in [0.15, 0.2) is 46.3 Å². The molecule has 5 heteroatoms. The van der Waals surface area contributed by atoms with Crippen molar-refractivity contribution in [1.82, 2.24) is 10.1 Å². The van der Waals surface area contributed by atoms with E-state index in [0.717, 1.165) is 35.3 Å². The molecule has 2 N–H and O–H groups in total. The molecule has 4 nitrogen and oxygen atoms in total. The van der Waals surface area contributed by atoms with Gasteiger partial charge in [0.05, 0.1) is 4.88 Å². The second kappa shape index (κ2) is 8.04. The van der Waals surface area contributed by atoms with Crippen molar-refractivity contribution in [2.24, 2.45) is 5.73 Å². The van der Waals surface area contributed by atoms with Crippen LogP contribution in [0.25, 0.3) is 22.4 Å². The number of aromatic nitrogens is 2. The number of hydrogen-bond donors (Lipinski definition) is 1. The quantitative estimate of drug-likeness (QED) is 0.629. The van der Waals surface area contributed by atoms with Crippen molar-refractivity contribution < 1.29 is 4.52 Å². The molecule has 3 aromatic rings. The maximum absolute atomic E-state index is 5.62. The van der Waals surface area contributed by atoms with Gasteiger partial charge >= 0.3 is 0 Å². The Bertz CT molecular complexity index is 788. The molecule has 0 radical (unpaired) electrons. The molecule has 2 heterocycles. The van der Waals surface area contributed by atoms with Gasteiger partial charge in [-0.25, -0.2) is 0 Å². The molecule has 0 unspecified atom stereocenters. The van der Waals surface area contributed by atoms with Crippen LogP contribution in [0.2, 0.25) is 0 Å². The molecule has 0 spiro atoms. The average molecular weight is 339 g/mol. The Hall–Kier alpha value is -2.24. The summed E-state index contributed by atoms with van der Waals surface area (Å²) < 4.78 is 5.52. The van der Waals surface area contributed by atoms with Crippen LogP contribution in [0, 0.1) is 6.92 Å². The van der Waals surface area contributed by atoms with Gasteiger partial charge in [0.1, 0.15) is 0 Å². The summed E-state index contributed by atoms with van der Waals surface area (Å²) in [4.78, 5) is 5.59. The maximum Gasteiger partial charge on any atom is 0.254 e. The molecule has 124 valence electrons. The Morgan fingerprint density at radius 1 is 1.21 bits per heavy atom. The molecule has 3 rings (SSSR count). The lowest BCUT2D eigenvalue weighted by molar-refractivity contribution is 0.407. The van der Waals surface area contributed by atoms with Gasteiger partial charge in [0.15, 0.2) is 0 Å². The Kier molecular flexibility index (Phi) is 5.56. The van der Waals surface area contributed by atoms with Crippen LogP contribution >= 0.6 is 11.3 Å². The summed E-state index contributed by atoms with van der Waals surface area (Å²) in [5, 5.41) is 6.13. The Labute approximate surface area is 146 Å². The second-order valence-corrected chi connectivity index (χ2v) is 6.67. The fourth-order valence-corrected chi connectivity index (χ4v) is 3.07. The van der Waals surface area contributed by atoms with Crippen LogP contribution in [0.5, 0.6) is 0 Å². The van der Waals surface area contributed by atoms with Gasteiger partial charge in [-0.2, -0.15) is 4.98 Å². The number of rotatable bonds is 7. The number of thiophene rings is 1. The number of allylic oxidation sites excluding steroid dienone is 1. The molecule has 0 saturated carbocycles. The number of hydrogen-bond acceptors (Lipinski definition) is 5. The molecular formula is C19H21N3OS. The molecule has 0 fully saturated rings. The third-order valence-electron chi connectivity index (χ3n) is 3.76. The zero-order valence-electron chi connectivity index (χ0n) is 13.7. The van der Waals surface area contributed by atoms with E-state index in [4.69, 9.17) is 10.3 Å². The van der Waals surface area contributed by atoms with Crippen LogP contribution in [0.3, 0.4) is 0 Å². The van der Waals surface area contributed by atoms with Crippen LogP contribution < -0.4 is 5.73 Å². The summed E-state index contributed by atoms with van der Waals surface area (Å²) in [6, 6.07) is 12.4. The van der Waals surface area contributed by atoms with E-state index in [1.165, 1.54) is 5.56 Å². The van der Waals surface area contributed by atoms with Crippen molar-refractivity contribution in [1.29, 1.82) is 0 Å². The Morgan fingerprint density at radius 2 is 2.04 bits per heavy atom. The first kappa shape index (κ1) is 16.6. The minimum Gasteiger partial charge on any atom is -0.334 e. The Balaban J connectivity index is 1.88. The zero-order valence-corrected chi connectivity index (χ0v) is 14.6. The number of aryl methyl sites for hydroxylation is 1. The van der Waals surface area contributed by atoms with E-state index < -0.39 is 0 Å². The lowest BCUT2D eigenvalue weighted by Crippen LogP contribution is -1.98. The fourth-order valence-electron chi connectivity index (χ4n) is 2.42. The summed E-state index contributed by atoms with van der Waals surface area (Å²) in [5.74, 6) is 1.24. The summed E-state index contributed by atoms with van der Waals surface area (Å²) >= 11 is 1.61. The first-order valence-corrected chi connectivity index (χ1v) is 8.99. The highest BCUT2D eigenvalue weighted by Crippen LogP contribution is 2.27. The van der Waals surface area contributed by atoms with Crippen LogP contribution in [-0.4, -0.2) is 16.7 Å². The smallest absolute Gasteiger partial charge is 0.254 e. The molecule has 0 amide bonds. The zero-order chi connectivity index (χ0) is 16.8. The predicted molar refractivity (Wildman–Crippen MR) is 99.6 cm³/mol. The predicted octanol–water partition coefficient (Wildman–Crippen LogP) is 4.78. The summed E-state index contributed by atoms with van der Waals surface area (Å²) in [7, 11) is 0. The highest BCUT2D eigenvalue weighted by atomic mass is 32.1. The lowest BCUT2D eigenvalue weighted by atomic mass is 10.0. The van der Waals surface area contributed by atoms with Crippen LogP contribution in [0.1, 0.15) is 36.3 Å². The van der Waals surface area contributed by atoms with E-state index in [1.54, 1.807) is 11.3 Å². The molecule has 0 saturated heterocycles. The molecule has 0 atom stereocenters. The lowest BCUT2D eigenvalue weighted by Gasteiger charge is -2.03. The minimum absolute atomic E-state index is 0.594. The van der Waals surface area contributed by atoms with Gasteiger partial charge in [0, 0.05) is 5.57 Å². The number of nitrogens with zero attached hydrogens (tertiary/aromatic N) is 2. The van der Waals surface area contributed by atoms with E-state index in [-0.39, 0.29) is 0 Å². The molecule has 2 aromatic heterocycles. The first-order valence-electron chi connectivity index (χ1n) is 8.11. The molecule has 24 heavy (non-hydrogen) atoms. The highest BCUT2D eigenvalue weighted by molar-refractivity contribution is 7.13. The summed E-state index contributed by atoms with van der Waals surface area (Å²) in [6.45, 7) is 2.78. The van der Waals surface area contributed by atoms with Gasteiger partial charge in [0.25, 0.3) is 5.89 Å². The van der Waals surface area contributed by atoms with Crippen molar-refractivity contribution in [3.05, 3.63) is 58.8 Å². The summed E-state index contributed by atoms with van der Waals surface area (Å²) in [6.07, 6.45) is 4.99. The third-order valence-corrected chi connectivity index (χ3v) is 4.63. The Morgan fingerprint density at radius 3 is 2.75 bits per heavy atom. The second-order valence-electron chi connectivity index (χ2n) is 5.73. The SMILES string of the molecule is Cc1ccc(/C=C(\CCCCN)c2nc(-c3cccs3)no2)cc1. The van der Waals surface area contributed by atoms with Crippen molar-refractivity contribution in [2.75, 3.05) is 6.54 Å². The van der Waals surface area contributed by atoms with Crippen molar-refractivity contribution in [3.8, 4) is 10.7 Å². The molecule has 1 aromatic carbocycles. The number of nitrogens with two attached hydrogens (primary N) is 1. The molecule has 0 aliphatic heterocycles. The van der Waals surface area contributed by atoms with Crippen LogP contribution in [-0.2, 0) is 0 Å². The fraction of sp³-hybridized carbons (Fsp3) is 0.263. The molecule has 0 aliphatic rings. The van der Waals surface area contributed by atoms with Gasteiger partial charge in [-0.05, 0) is 55.8 Å². The van der Waals surface area contributed by atoms with E-state index >= 15 is 0 Å². The van der Waals surface area contributed by atoms with E-state index in [0.29, 0.717) is 18.3 Å². The van der Waals surface area contributed by atoms with Crippen molar-refractivity contribution in [2.45, 2.75) is 26.2 Å². The molecule has 0 bridgehead atoms. The number of unbranched alkanes of at least 4 members (excludes halogenated alkanes) is 1. The van der Waals surface area contributed by atoms with Crippen molar-refractivity contribution in [3.63, 3.8) is 0 Å². The number of benzene rings is 1. The van der Waals surface area contributed by atoms with Gasteiger partial charge < -0.3 is 10.3 Å². The summed E-state index contributed by atoms with van der Waals surface area (Å²) in [5.41, 5.74) is 9.06. The van der Waals surface area contributed by atoms with Gasteiger partial charge in [-0.3, -0.25) is 0 Å². The first-order chi connectivity index (χ1) is 11.8. The third kappa shape index (κ3) is 4.19. The van der Waals surface area contributed by atoms with Gasteiger partial charge in [0.2, 0.25) is 5.82 Å². The van der Waals surface area contributed by atoms with Gasteiger partial charge in [-0.15, -0.1) is 11.3 Å². The monoisotopic (exact) mass is 339 g/mol. The van der Waals surface area contributed by atoms with E-state index in [9.17, 15) is 0 Å². The molecular weight excluding hydrogens is 318 g/mol. The normalized spacial score (nSPS) is 11.8. The highest BCUT2D eigenvalue weighted by Gasteiger charge is 2.13. The van der Waals surface area contributed by atoms with E-state index in [1.807, 2.05) is 17.5 Å². The maximum atomic E-state index is 5.62. The largest absolute Gasteiger partial charge is 0.334 e. The topological polar surface area (TPSA) is 64.9 Å². The van der Waals surface area contributed by atoms with E-state index in [2.05, 4.69) is 47.4 Å².